The molecule has 2 unspecified atom stereocenters. The van der Waals surface area contributed by atoms with Gasteiger partial charge in [0.1, 0.15) is 16.9 Å². The van der Waals surface area contributed by atoms with E-state index in [2.05, 4.69) is 16.9 Å². The summed E-state index contributed by atoms with van der Waals surface area (Å²) in [5, 5.41) is 3.05. The Morgan fingerprint density at radius 3 is 2.68 bits per heavy atom. The van der Waals surface area contributed by atoms with E-state index in [-0.39, 0.29) is 22.7 Å². The standard InChI is InChI=1S/C28H37N5O3S/c1-2-9-33-24(34)22-23(32-26(33)36-20-6-4-3-5-7-20)31-25(30-22)27-12-18-11-19(13-27)15-28(14-18,17-27)35-16-21-29-8-10-37-21/h8,10,18-20H,2-7,9,11-17H2,1H3,(H,30,31). The molecule has 0 amide bonds. The van der Waals surface area contributed by atoms with Gasteiger partial charge in [0, 0.05) is 23.5 Å². The van der Waals surface area contributed by atoms with Gasteiger partial charge < -0.3 is 14.5 Å². The minimum absolute atomic E-state index is 0.0594. The molecule has 5 aliphatic rings. The molecular weight excluding hydrogens is 486 g/mol. The molecule has 3 aromatic rings. The lowest BCUT2D eigenvalue weighted by Gasteiger charge is -2.61. The summed E-state index contributed by atoms with van der Waals surface area (Å²) in [4.78, 5) is 31.5. The lowest BCUT2D eigenvalue weighted by Crippen LogP contribution is -2.58. The first-order valence-corrected chi connectivity index (χ1v) is 15.1. The molecule has 8 nitrogen and oxygen atoms in total. The van der Waals surface area contributed by atoms with Gasteiger partial charge in [0.05, 0.1) is 12.2 Å². The van der Waals surface area contributed by atoms with E-state index in [9.17, 15) is 4.79 Å². The fraction of sp³-hybridized carbons (Fsp3) is 0.714. The highest BCUT2D eigenvalue weighted by Gasteiger charge is 2.60. The highest BCUT2D eigenvalue weighted by molar-refractivity contribution is 7.09. The molecule has 2 atom stereocenters. The number of imidazole rings is 1. The summed E-state index contributed by atoms with van der Waals surface area (Å²) < 4.78 is 14.8. The van der Waals surface area contributed by atoms with Crippen molar-refractivity contribution in [3.63, 3.8) is 0 Å². The van der Waals surface area contributed by atoms with E-state index in [4.69, 9.17) is 19.4 Å². The summed E-state index contributed by atoms with van der Waals surface area (Å²) in [6.45, 7) is 3.26. The van der Waals surface area contributed by atoms with Crippen molar-refractivity contribution in [2.45, 2.75) is 114 Å². The third-order valence-electron chi connectivity index (χ3n) is 9.34. The zero-order chi connectivity index (χ0) is 25.0. The van der Waals surface area contributed by atoms with Gasteiger partial charge in [0.25, 0.3) is 5.56 Å². The van der Waals surface area contributed by atoms with E-state index < -0.39 is 0 Å². The molecule has 0 aromatic carbocycles. The van der Waals surface area contributed by atoms with Crippen molar-refractivity contribution in [2.24, 2.45) is 11.8 Å². The van der Waals surface area contributed by atoms with E-state index in [1.54, 1.807) is 15.9 Å². The summed E-state index contributed by atoms with van der Waals surface area (Å²) in [7, 11) is 0. The van der Waals surface area contributed by atoms with Gasteiger partial charge in [0.15, 0.2) is 11.2 Å². The number of nitrogens with one attached hydrogen (secondary N) is 1. The molecule has 3 aromatic heterocycles. The maximum Gasteiger partial charge on any atom is 0.301 e. The van der Waals surface area contributed by atoms with Crippen LogP contribution in [0, 0.1) is 11.8 Å². The number of H-pyrrole nitrogens is 1. The highest BCUT2D eigenvalue weighted by Crippen LogP contribution is 2.63. The van der Waals surface area contributed by atoms with E-state index in [1.807, 2.05) is 11.6 Å². The number of ether oxygens (including phenoxy) is 2. The van der Waals surface area contributed by atoms with Crippen LogP contribution < -0.4 is 10.3 Å². The summed E-state index contributed by atoms with van der Waals surface area (Å²) >= 11 is 1.66. The molecule has 0 radical (unpaired) electrons. The number of fused-ring (bicyclic) bond motifs is 1. The number of hydrogen-bond acceptors (Lipinski definition) is 7. The third-order valence-corrected chi connectivity index (χ3v) is 10.1. The number of aromatic nitrogens is 5. The fourth-order valence-corrected chi connectivity index (χ4v) is 8.75. The predicted molar refractivity (Wildman–Crippen MR) is 142 cm³/mol. The second kappa shape index (κ2) is 9.19. The SMILES string of the molecule is CCCn1c(OC2CCCCC2)nc2nc(C34CC5CC(CC(OCc6nccs6)(C5)C3)C4)[nH]c2c1=O. The number of nitrogens with zero attached hydrogens (tertiary/aromatic N) is 4. The average Bonchev–Trinajstić information content (AvgIpc) is 3.56. The second-order valence-corrected chi connectivity index (χ2v) is 13.1. The quantitative estimate of drug-likeness (QED) is 0.419. The number of rotatable bonds is 8. The Bertz CT molecular complexity index is 1310. The first-order valence-electron chi connectivity index (χ1n) is 14.2. The summed E-state index contributed by atoms with van der Waals surface area (Å²) in [6.07, 6.45) is 15.2. The maximum absolute atomic E-state index is 13.7. The molecule has 0 spiro atoms. The zero-order valence-electron chi connectivity index (χ0n) is 21.7. The van der Waals surface area contributed by atoms with Gasteiger partial charge in [-0.05, 0) is 82.5 Å². The third kappa shape index (κ3) is 4.22. The first kappa shape index (κ1) is 23.8. The lowest BCUT2D eigenvalue weighted by molar-refractivity contribution is -0.179. The van der Waals surface area contributed by atoms with Crippen LogP contribution in [-0.4, -0.2) is 36.2 Å². The molecule has 8 rings (SSSR count). The molecule has 0 aliphatic heterocycles. The van der Waals surface area contributed by atoms with Crippen molar-refractivity contribution in [1.29, 1.82) is 0 Å². The molecule has 4 bridgehead atoms. The average molecular weight is 524 g/mol. The molecule has 9 heteroatoms. The monoisotopic (exact) mass is 523 g/mol. The van der Waals surface area contributed by atoms with Gasteiger partial charge in [-0.25, -0.2) is 9.97 Å². The van der Waals surface area contributed by atoms with Crippen LogP contribution in [0.3, 0.4) is 0 Å². The minimum atomic E-state index is -0.125. The number of hydrogen-bond donors (Lipinski definition) is 1. The Morgan fingerprint density at radius 2 is 1.95 bits per heavy atom. The molecule has 1 N–H and O–H groups in total. The van der Waals surface area contributed by atoms with Crippen LogP contribution in [0.25, 0.3) is 11.2 Å². The van der Waals surface area contributed by atoms with Crippen molar-refractivity contribution < 1.29 is 9.47 Å². The van der Waals surface area contributed by atoms with Crippen LogP contribution in [0.4, 0.5) is 0 Å². The predicted octanol–water partition coefficient (Wildman–Crippen LogP) is 5.50. The van der Waals surface area contributed by atoms with Crippen LogP contribution in [0.5, 0.6) is 6.01 Å². The maximum atomic E-state index is 13.7. The second-order valence-electron chi connectivity index (χ2n) is 12.2. The van der Waals surface area contributed by atoms with Crippen LogP contribution in [0.15, 0.2) is 16.4 Å². The van der Waals surface area contributed by atoms with E-state index in [1.165, 1.54) is 25.7 Å². The number of aromatic amines is 1. The Balaban J connectivity index is 1.23. The van der Waals surface area contributed by atoms with Crippen LogP contribution in [0.1, 0.15) is 94.8 Å². The topological polar surface area (TPSA) is 94.9 Å². The van der Waals surface area contributed by atoms with E-state index in [0.717, 1.165) is 62.2 Å². The van der Waals surface area contributed by atoms with Gasteiger partial charge in [0.2, 0.25) is 0 Å². The Morgan fingerprint density at radius 1 is 1.14 bits per heavy atom. The molecular formula is C28H37N5O3S. The first-order chi connectivity index (χ1) is 18.0. The Labute approximate surface area is 221 Å². The Hall–Kier alpha value is -2.26. The molecule has 5 fully saturated rings. The van der Waals surface area contributed by atoms with Gasteiger partial charge in [-0.3, -0.25) is 9.36 Å². The molecule has 5 aliphatic carbocycles. The molecule has 0 saturated heterocycles. The Kier molecular flexibility index (Phi) is 5.92. The summed E-state index contributed by atoms with van der Waals surface area (Å²) in [5.41, 5.74) is 0.760. The van der Waals surface area contributed by atoms with Gasteiger partial charge in [-0.15, -0.1) is 11.3 Å². The largest absolute Gasteiger partial charge is 0.461 e. The highest BCUT2D eigenvalue weighted by atomic mass is 32.1. The van der Waals surface area contributed by atoms with Crippen molar-refractivity contribution in [3.8, 4) is 6.01 Å². The molecule has 5 saturated carbocycles. The van der Waals surface area contributed by atoms with E-state index in [0.29, 0.717) is 42.2 Å². The molecule has 3 heterocycles. The van der Waals surface area contributed by atoms with E-state index >= 15 is 0 Å². The molecule has 37 heavy (non-hydrogen) atoms. The minimum Gasteiger partial charge on any atom is -0.461 e. The van der Waals surface area contributed by atoms with Gasteiger partial charge >= 0.3 is 6.01 Å². The zero-order valence-corrected chi connectivity index (χ0v) is 22.5. The molecule has 198 valence electrons. The van der Waals surface area contributed by atoms with Crippen LogP contribution in [-0.2, 0) is 23.3 Å². The van der Waals surface area contributed by atoms with Crippen LogP contribution >= 0.6 is 11.3 Å². The fourth-order valence-electron chi connectivity index (χ4n) is 8.22. The summed E-state index contributed by atoms with van der Waals surface area (Å²) in [5.74, 6) is 2.21. The van der Waals surface area contributed by atoms with Crippen molar-refractivity contribution in [3.05, 3.63) is 32.8 Å². The lowest BCUT2D eigenvalue weighted by atomic mass is 9.47. The van der Waals surface area contributed by atoms with Crippen molar-refractivity contribution in [2.75, 3.05) is 0 Å². The van der Waals surface area contributed by atoms with Gasteiger partial charge in [-0.1, -0.05) is 13.3 Å². The van der Waals surface area contributed by atoms with Crippen LogP contribution in [0.2, 0.25) is 0 Å². The normalized spacial score (nSPS) is 31.4. The number of thiazole rings is 1. The smallest absolute Gasteiger partial charge is 0.301 e. The van der Waals surface area contributed by atoms with Crippen molar-refractivity contribution >= 4 is 22.5 Å². The van der Waals surface area contributed by atoms with Crippen molar-refractivity contribution in [1.82, 2.24) is 24.5 Å². The van der Waals surface area contributed by atoms with Gasteiger partial charge in [-0.2, -0.15) is 4.98 Å². The summed E-state index contributed by atoms with van der Waals surface area (Å²) in [6, 6.07) is 0.443.